The summed E-state index contributed by atoms with van der Waals surface area (Å²) in [6.45, 7) is 0. The fraction of sp³-hybridized carbons (Fsp3) is 0. The number of fused-ring (bicyclic) bond motifs is 3. The van der Waals surface area contributed by atoms with Gasteiger partial charge < -0.3 is 4.42 Å². The van der Waals surface area contributed by atoms with E-state index < -0.39 is 0 Å². The molecule has 5 heteroatoms. The Kier molecular flexibility index (Phi) is 9.50. The smallest absolute Gasteiger partial charge is 0.164 e. The van der Waals surface area contributed by atoms with Crippen molar-refractivity contribution in [3.8, 4) is 95.9 Å². The van der Waals surface area contributed by atoms with Gasteiger partial charge in [0, 0.05) is 27.5 Å². The average molecular weight is 805 g/mol. The van der Waals surface area contributed by atoms with E-state index in [1.807, 2.05) is 60.7 Å². The maximum atomic E-state index is 9.30. The number of rotatable bonds is 8. The molecule has 0 bridgehead atoms. The molecule has 11 rings (SSSR count). The number of hydrogen-bond acceptors (Lipinski definition) is 5. The van der Waals surface area contributed by atoms with Crippen molar-refractivity contribution in [2.75, 3.05) is 0 Å². The highest BCUT2D eigenvalue weighted by Crippen LogP contribution is 2.39. The SMILES string of the molecule is N#Cc1ccc(-c2ccc(-c3nc(-c4cccc(-c5cccc(-c6ccccc6)c5)c4)nc(-c4ccc5c(c4)oc4cccc(-c6cccc(-c7ccccc7)c6)c45)n3)cc2)cc1. The number of hydrogen-bond donors (Lipinski definition) is 0. The number of aromatic nitrogens is 3. The minimum absolute atomic E-state index is 0.542. The van der Waals surface area contributed by atoms with Crippen LogP contribution in [0.4, 0.5) is 0 Å². The highest BCUT2D eigenvalue weighted by Gasteiger charge is 2.18. The minimum Gasteiger partial charge on any atom is -0.456 e. The van der Waals surface area contributed by atoms with E-state index in [0.29, 0.717) is 23.0 Å². The summed E-state index contributed by atoms with van der Waals surface area (Å²) >= 11 is 0. The summed E-state index contributed by atoms with van der Waals surface area (Å²) < 4.78 is 6.61. The second-order valence-electron chi connectivity index (χ2n) is 15.5. The zero-order chi connectivity index (χ0) is 42.1. The van der Waals surface area contributed by atoms with Crippen LogP contribution >= 0.6 is 0 Å². The van der Waals surface area contributed by atoms with E-state index in [1.165, 1.54) is 11.1 Å². The van der Waals surface area contributed by atoms with Crippen molar-refractivity contribution in [2.24, 2.45) is 0 Å². The van der Waals surface area contributed by atoms with Crippen molar-refractivity contribution >= 4 is 21.9 Å². The summed E-state index contributed by atoms with van der Waals surface area (Å²) in [7, 11) is 0. The lowest BCUT2D eigenvalue weighted by Gasteiger charge is -2.11. The van der Waals surface area contributed by atoms with Crippen LogP contribution in [0, 0.1) is 11.3 Å². The van der Waals surface area contributed by atoms with Crippen molar-refractivity contribution in [3.05, 3.63) is 224 Å². The Morgan fingerprint density at radius 3 is 1.33 bits per heavy atom. The largest absolute Gasteiger partial charge is 0.456 e. The summed E-state index contributed by atoms with van der Waals surface area (Å²) in [5.74, 6) is 1.67. The van der Waals surface area contributed by atoms with Crippen LogP contribution in [-0.4, -0.2) is 15.0 Å². The van der Waals surface area contributed by atoms with Gasteiger partial charge in [-0.3, -0.25) is 0 Å². The zero-order valence-corrected chi connectivity index (χ0v) is 34.0. The molecule has 294 valence electrons. The monoisotopic (exact) mass is 804 g/mol. The molecule has 0 aliphatic rings. The van der Waals surface area contributed by atoms with Crippen LogP contribution in [0.1, 0.15) is 5.56 Å². The molecule has 0 amide bonds. The molecule has 2 heterocycles. The van der Waals surface area contributed by atoms with Gasteiger partial charge in [0.15, 0.2) is 17.5 Å². The number of nitriles is 1. The van der Waals surface area contributed by atoms with Crippen LogP contribution in [0.2, 0.25) is 0 Å². The Hall–Kier alpha value is -8.72. The predicted octanol–water partition coefficient (Wildman–Crippen LogP) is 15.0. The molecule has 11 aromatic rings. The van der Waals surface area contributed by atoms with Crippen LogP contribution in [0.25, 0.3) is 112 Å². The molecular formula is C58H36N4O. The van der Waals surface area contributed by atoms with Crippen molar-refractivity contribution < 1.29 is 4.42 Å². The first-order valence-electron chi connectivity index (χ1n) is 20.9. The molecule has 0 N–H and O–H groups in total. The molecule has 0 spiro atoms. The molecule has 0 atom stereocenters. The van der Waals surface area contributed by atoms with E-state index in [-0.39, 0.29) is 0 Å². The van der Waals surface area contributed by atoms with Gasteiger partial charge in [-0.15, -0.1) is 0 Å². The Bertz CT molecular complexity index is 3500. The van der Waals surface area contributed by atoms with E-state index in [4.69, 9.17) is 19.4 Å². The van der Waals surface area contributed by atoms with Crippen molar-refractivity contribution in [1.29, 1.82) is 5.26 Å². The molecule has 63 heavy (non-hydrogen) atoms. The molecule has 5 nitrogen and oxygen atoms in total. The van der Waals surface area contributed by atoms with Gasteiger partial charge in [0.2, 0.25) is 0 Å². The van der Waals surface area contributed by atoms with E-state index in [0.717, 1.165) is 83.1 Å². The van der Waals surface area contributed by atoms with E-state index >= 15 is 0 Å². The van der Waals surface area contributed by atoms with E-state index in [2.05, 4.69) is 164 Å². The fourth-order valence-corrected chi connectivity index (χ4v) is 8.36. The summed E-state index contributed by atoms with van der Waals surface area (Å²) in [6.07, 6.45) is 0. The molecular weight excluding hydrogens is 769 g/mol. The lowest BCUT2D eigenvalue weighted by atomic mass is 9.96. The van der Waals surface area contributed by atoms with Crippen molar-refractivity contribution in [1.82, 2.24) is 15.0 Å². The lowest BCUT2D eigenvalue weighted by molar-refractivity contribution is 0.669. The third-order valence-corrected chi connectivity index (χ3v) is 11.6. The van der Waals surface area contributed by atoms with Crippen molar-refractivity contribution in [2.45, 2.75) is 0 Å². The van der Waals surface area contributed by atoms with Crippen LogP contribution in [0.3, 0.4) is 0 Å². The zero-order valence-electron chi connectivity index (χ0n) is 34.0. The van der Waals surface area contributed by atoms with Gasteiger partial charge in [0.1, 0.15) is 11.2 Å². The first-order chi connectivity index (χ1) is 31.1. The number of nitrogens with zero attached hydrogens (tertiary/aromatic N) is 4. The molecule has 0 saturated carbocycles. The first-order valence-corrected chi connectivity index (χ1v) is 20.9. The maximum Gasteiger partial charge on any atom is 0.164 e. The molecule has 2 aromatic heterocycles. The third-order valence-electron chi connectivity index (χ3n) is 11.6. The van der Waals surface area contributed by atoms with Gasteiger partial charge in [0.05, 0.1) is 11.6 Å². The standard InChI is InChI=1S/C58H36N4O/c59-37-38-23-25-41(26-24-38)42-27-29-43(30-28-42)56-60-57(49-20-9-18-47(35-49)46-17-7-15-44(33-46)39-11-3-1-4-12-39)62-58(61-56)50-31-32-52-54(36-50)63-53-22-10-21-51(55(52)53)48-19-8-16-45(34-48)40-13-5-2-6-14-40/h1-36H. The van der Waals surface area contributed by atoms with Gasteiger partial charge in [-0.2, -0.15) is 5.26 Å². The summed E-state index contributed by atoms with van der Waals surface area (Å²) in [4.78, 5) is 15.4. The quantitative estimate of drug-likeness (QED) is 0.153. The van der Waals surface area contributed by atoms with Gasteiger partial charge in [-0.05, 0) is 104 Å². The van der Waals surface area contributed by atoms with Gasteiger partial charge in [-0.1, -0.05) is 170 Å². The minimum atomic E-state index is 0.542. The third kappa shape index (κ3) is 7.33. The highest BCUT2D eigenvalue weighted by atomic mass is 16.3. The Morgan fingerprint density at radius 1 is 0.317 bits per heavy atom. The normalized spacial score (nSPS) is 11.2. The average Bonchev–Trinajstić information content (AvgIpc) is 3.75. The van der Waals surface area contributed by atoms with Crippen LogP contribution < -0.4 is 0 Å². The molecule has 0 fully saturated rings. The molecule has 0 aliphatic carbocycles. The van der Waals surface area contributed by atoms with E-state index in [9.17, 15) is 5.26 Å². The van der Waals surface area contributed by atoms with Crippen LogP contribution in [0.15, 0.2) is 223 Å². The summed E-state index contributed by atoms with van der Waals surface area (Å²) in [5, 5.41) is 11.4. The molecule has 0 unspecified atom stereocenters. The van der Waals surface area contributed by atoms with Gasteiger partial charge in [0.25, 0.3) is 0 Å². The maximum absolute atomic E-state index is 9.30. The van der Waals surface area contributed by atoms with Gasteiger partial charge in [-0.25, -0.2) is 15.0 Å². The molecule has 0 saturated heterocycles. The number of benzene rings is 9. The fourth-order valence-electron chi connectivity index (χ4n) is 8.36. The second-order valence-corrected chi connectivity index (χ2v) is 15.5. The topological polar surface area (TPSA) is 75.6 Å². The lowest BCUT2D eigenvalue weighted by Crippen LogP contribution is -2.00. The van der Waals surface area contributed by atoms with Crippen LogP contribution in [0.5, 0.6) is 0 Å². The van der Waals surface area contributed by atoms with Gasteiger partial charge >= 0.3 is 0 Å². The Labute approximate surface area is 364 Å². The number of furan rings is 1. The summed E-state index contributed by atoms with van der Waals surface area (Å²) in [5.41, 5.74) is 15.9. The highest BCUT2D eigenvalue weighted by molar-refractivity contribution is 6.13. The molecule has 0 aliphatic heterocycles. The predicted molar refractivity (Wildman–Crippen MR) is 255 cm³/mol. The second kappa shape index (κ2) is 16.0. The molecule has 0 radical (unpaired) electrons. The van der Waals surface area contributed by atoms with Crippen molar-refractivity contribution in [3.63, 3.8) is 0 Å². The van der Waals surface area contributed by atoms with E-state index in [1.54, 1.807) is 0 Å². The Balaban J connectivity index is 1.01. The molecule has 9 aromatic carbocycles. The Morgan fingerprint density at radius 2 is 0.730 bits per heavy atom. The first kappa shape index (κ1) is 37.3. The van der Waals surface area contributed by atoms with Crippen LogP contribution in [-0.2, 0) is 0 Å². The summed E-state index contributed by atoms with van der Waals surface area (Å²) in [6, 6.07) is 77.1.